The first-order valence-electron chi connectivity index (χ1n) is 6.18. The normalized spacial score (nSPS) is 19.6. The molecule has 1 fully saturated rings. The number of aromatic nitrogens is 1. The molecule has 0 radical (unpaired) electrons. The Kier molecular flexibility index (Phi) is 3.04. The fourth-order valence-corrected chi connectivity index (χ4v) is 3.13. The third-order valence-electron chi connectivity index (χ3n) is 3.53. The van der Waals surface area contributed by atoms with Gasteiger partial charge in [0.1, 0.15) is 5.69 Å². The van der Waals surface area contributed by atoms with Gasteiger partial charge in [0.25, 0.3) is 5.91 Å². The molecule has 0 aliphatic carbocycles. The number of fused-ring (bicyclic) bond motifs is 1. The quantitative estimate of drug-likeness (QED) is 0.901. The molecule has 4 heteroatoms. The van der Waals surface area contributed by atoms with Crippen LogP contribution in [0.4, 0.5) is 0 Å². The number of likely N-dealkylation sites (tertiary alicyclic amines) is 1. The summed E-state index contributed by atoms with van der Waals surface area (Å²) in [6, 6.07) is 9.94. The molecule has 1 atom stereocenters. The Bertz CT molecular complexity index is 545. The standard InChI is InChI=1S/C14H16N2OS/c1-18-11-6-7-16(9-11)14(17)13-8-10-4-2-3-5-12(10)15-13/h2-5,8,11,15H,6-7,9H2,1H3. The summed E-state index contributed by atoms with van der Waals surface area (Å²) >= 11 is 1.85. The zero-order valence-corrected chi connectivity index (χ0v) is 11.2. The van der Waals surface area contributed by atoms with E-state index in [2.05, 4.69) is 11.2 Å². The van der Waals surface area contributed by atoms with Crippen LogP contribution >= 0.6 is 11.8 Å². The number of carbonyl (C=O) groups excluding carboxylic acids is 1. The lowest BCUT2D eigenvalue weighted by molar-refractivity contribution is 0.0788. The Morgan fingerprint density at radius 2 is 2.28 bits per heavy atom. The van der Waals surface area contributed by atoms with E-state index in [1.807, 2.05) is 47.0 Å². The molecule has 1 aromatic heterocycles. The Morgan fingerprint density at radius 1 is 1.44 bits per heavy atom. The Morgan fingerprint density at radius 3 is 3.00 bits per heavy atom. The molecular formula is C14H16N2OS. The number of para-hydroxylation sites is 1. The van der Waals surface area contributed by atoms with E-state index >= 15 is 0 Å². The maximum Gasteiger partial charge on any atom is 0.270 e. The molecule has 3 rings (SSSR count). The van der Waals surface area contributed by atoms with Gasteiger partial charge in [-0.2, -0.15) is 11.8 Å². The van der Waals surface area contributed by atoms with Gasteiger partial charge in [-0.25, -0.2) is 0 Å². The van der Waals surface area contributed by atoms with Crippen molar-refractivity contribution in [2.45, 2.75) is 11.7 Å². The summed E-state index contributed by atoms with van der Waals surface area (Å²) in [6.07, 6.45) is 3.22. The Hall–Kier alpha value is -1.42. The van der Waals surface area contributed by atoms with Crippen LogP contribution in [0, 0.1) is 0 Å². The molecule has 0 saturated carbocycles. The number of amides is 1. The third-order valence-corrected chi connectivity index (χ3v) is 4.58. The molecule has 1 amide bonds. The number of aromatic amines is 1. The number of nitrogens with one attached hydrogen (secondary N) is 1. The van der Waals surface area contributed by atoms with Crippen molar-refractivity contribution in [3.05, 3.63) is 36.0 Å². The van der Waals surface area contributed by atoms with Crippen molar-refractivity contribution in [3.8, 4) is 0 Å². The van der Waals surface area contributed by atoms with Gasteiger partial charge in [0.2, 0.25) is 0 Å². The first kappa shape index (κ1) is 11.7. The maximum absolute atomic E-state index is 12.4. The van der Waals surface area contributed by atoms with Crippen LogP contribution in [0.3, 0.4) is 0 Å². The van der Waals surface area contributed by atoms with Gasteiger partial charge < -0.3 is 9.88 Å². The van der Waals surface area contributed by atoms with E-state index in [0.29, 0.717) is 10.9 Å². The topological polar surface area (TPSA) is 36.1 Å². The van der Waals surface area contributed by atoms with Crippen LogP contribution in [0.25, 0.3) is 10.9 Å². The molecule has 1 saturated heterocycles. The molecule has 94 valence electrons. The van der Waals surface area contributed by atoms with E-state index in [1.165, 1.54) is 0 Å². The number of H-pyrrole nitrogens is 1. The summed E-state index contributed by atoms with van der Waals surface area (Å²) in [4.78, 5) is 17.5. The minimum absolute atomic E-state index is 0.128. The van der Waals surface area contributed by atoms with Gasteiger partial charge in [0, 0.05) is 29.2 Å². The zero-order chi connectivity index (χ0) is 12.5. The zero-order valence-electron chi connectivity index (χ0n) is 10.3. The third kappa shape index (κ3) is 2.01. The lowest BCUT2D eigenvalue weighted by atomic mass is 10.2. The van der Waals surface area contributed by atoms with Crippen molar-refractivity contribution in [3.63, 3.8) is 0 Å². The van der Waals surface area contributed by atoms with Crippen LogP contribution in [-0.4, -0.2) is 40.4 Å². The second-order valence-electron chi connectivity index (χ2n) is 4.67. The van der Waals surface area contributed by atoms with Crippen molar-refractivity contribution in [1.29, 1.82) is 0 Å². The van der Waals surface area contributed by atoms with Gasteiger partial charge in [0.15, 0.2) is 0 Å². The molecule has 3 nitrogen and oxygen atoms in total. The molecule has 0 bridgehead atoms. The number of carbonyl (C=O) groups is 1. The van der Waals surface area contributed by atoms with Crippen LogP contribution < -0.4 is 0 Å². The van der Waals surface area contributed by atoms with Gasteiger partial charge in [-0.3, -0.25) is 4.79 Å². The van der Waals surface area contributed by atoms with Gasteiger partial charge in [-0.05, 0) is 24.8 Å². The fraction of sp³-hybridized carbons (Fsp3) is 0.357. The van der Waals surface area contributed by atoms with Crippen molar-refractivity contribution < 1.29 is 4.79 Å². The van der Waals surface area contributed by atoms with E-state index in [4.69, 9.17) is 0 Å². The summed E-state index contributed by atoms with van der Waals surface area (Å²) < 4.78 is 0. The summed E-state index contributed by atoms with van der Waals surface area (Å²) in [5.74, 6) is 0.128. The summed E-state index contributed by atoms with van der Waals surface area (Å²) in [7, 11) is 0. The lowest BCUT2D eigenvalue weighted by Crippen LogP contribution is -2.29. The number of hydrogen-bond acceptors (Lipinski definition) is 2. The largest absolute Gasteiger partial charge is 0.351 e. The van der Waals surface area contributed by atoms with Crippen LogP contribution in [0.1, 0.15) is 16.9 Å². The highest BCUT2D eigenvalue weighted by Crippen LogP contribution is 2.23. The SMILES string of the molecule is CSC1CCN(C(=O)c2cc3ccccc3[nH]2)C1. The van der Waals surface area contributed by atoms with Crippen LogP contribution in [0.15, 0.2) is 30.3 Å². The summed E-state index contributed by atoms with van der Waals surface area (Å²) in [6.45, 7) is 1.75. The predicted molar refractivity (Wildman–Crippen MR) is 76.1 cm³/mol. The number of benzene rings is 1. The Balaban J connectivity index is 1.84. The van der Waals surface area contributed by atoms with E-state index in [9.17, 15) is 4.79 Å². The van der Waals surface area contributed by atoms with Crippen LogP contribution in [0.5, 0.6) is 0 Å². The van der Waals surface area contributed by atoms with Crippen LogP contribution in [-0.2, 0) is 0 Å². The second-order valence-corrected chi connectivity index (χ2v) is 5.81. The van der Waals surface area contributed by atoms with E-state index in [-0.39, 0.29) is 5.91 Å². The first-order valence-corrected chi connectivity index (χ1v) is 7.46. The summed E-state index contributed by atoms with van der Waals surface area (Å²) in [5.41, 5.74) is 1.74. The number of hydrogen-bond donors (Lipinski definition) is 1. The molecule has 1 unspecified atom stereocenters. The first-order chi connectivity index (χ1) is 8.78. The number of rotatable bonds is 2. The van der Waals surface area contributed by atoms with E-state index in [1.54, 1.807) is 0 Å². The highest BCUT2D eigenvalue weighted by Gasteiger charge is 2.26. The molecular weight excluding hydrogens is 244 g/mol. The van der Waals surface area contributed by atoms with Gasteiger partial charge in [0.05, 0.1) is 0 Å². The minimum atomic E-state index is 0.128. The molecule has 2 aromatic rings. The maximum atomic E-state index is 12.4. The van der Waals surface area contributed by atoms with Crippen molar-refractivity contribution in [2.24, 2.45) is 0 Å². The van der Waals surface area contributed by atoms with Crippen molar-refractivity contribution in [1.82, 2.24) is 9.88 Å². The fourth-order valence-electron chi connectivity index (χ4n) is 2.46. The van der Waals surface area contributed by atoms with Crippen LogP contribution in [0.2, 0.25) is 0 Å². The average Bonchev–Trinajstić information content (AvgIpc) is 3.04. The molecule has 1 aliphatic heterocycles. The van der Waals surface area contributed by atoms with Gasteiger partial charge >= 0.3 is 0 Å². The predicted octanol–water partition coefficient (Wildman–Crippen LogP) is 2.75. The van der Waals surface area contributed by atoms with Crippen molar-refractivity contribution in [2.75, 3.05) is 19.3 Å². The van der Waals surface area contributed by atoms with Gasteiger partial charge in [-0.1, -0.05) is 18.2 Å². The highest BCUT2D eigenvalue weighted by atomic mass is 32.2. The summed E-state index contributed by atoms with van der Waals surface area (Å²) in [5, 5.41) is 1.69. The average molecular weight is 260 g/mol. The number of thioether (sulfide) groups is 1. The molecule has 18 heavy (non-hydrogen) atoms. The molecule has 1 aliphatic rings. The monoisotopic (exact) mass is 260 g/mol. The Labute approximate surface area is 111 Å². The van der Waals surface area contributed by atoms with E-state index in [0.717, 1.165) is 30.4 Å². The minimum Gasteiger partial charge on any atom is -0.351 e. The van der Waals surface area contributed by atoms with Gasteiger partial charge in [-0.15, -0.1) is 0 Å². The van der Waals surface area contributed by atoms with E-state index < -0.39 is 0 Å². The molecule has 1 aromatic carbocycles. The van der Waals surface area contributed by atoms with Crippen molar-refractivity contribution >= 4 is 28.6 Å². The molecule has 0 spiro atoms. The lowest BCUT2D eigenvalue weighted by Gasteiger charge is -2.14. The number of nitrogens with zero attached hydrogens (tertiary/aromatic N) is 1. The second kappa shape index (κ2) is 4.69. The highest BCUT2D eigenvalue weighted by molar-refractivity contribution is 7.99. The molecule has 1 N–H and O–H groups in total. The molecule has 2 heterocycles. The smallest absolute Gasteiger partial charge is 0.270 e.